The fourth-order valence-corrected chi connectivity index (χ4v) is 9.10. The lowest BCUT2D eigenvalue weighted by atomic mass is 9.82. The number of terminal acetylenes is 1. The number of rotatable bonds is 3. The number of nitrogens with zero attached hydrogens (tertiary/aromatic N) is 4. The van der Waals surface area contributed by atoms with Crippen LogP contribution in [0.1, 0.15) is 69.4 Å². The summed E-state index contributed by atoms with van der Waals surface area (Å²) in [4.78, 5) is 20.6. The van der Waals surface area contributed by atoms with Crippen LogP contribution in [0.5, 0.6) is 17.2 Å². The molecular weight excluding hydrogens is 572 g/mol. The van der Waals surface area contributed by atoms with Crippen LogP contribution in [0.2, 0.25) is 0 Å². The predicted molar refractivity (Wildman–Crippen MR) is 180 cm³/mol. The second-order valence-electron chi connectivity index (χ2n) is 13.8. The van der Waals surface area contributed by atoms with E-state index in [9.17, 15) is 9.90 Å². The van der Waals surface area contributed by atoms with E-state index in [0.29, 0.717) is 25.2 Å². The molecule has 9 rings (SSSR count). The van der Waals surface area contributed by atoms with Gasteiger partial charge in [-0.3, -0.25) is 9.69 Å². The van der Waals surface area contributed by atoms with Crippen molar-refractivity contribution in [2.75, 3.05) is 63.8 Å². The van der Waals surface area contributed by atoms with Crippen molar-refractivity contribution < 1.29 is 14.6 Å². The van der Waals surface area contributed by atoms with E-state index >= 15 is 0 Å². The van der Waals surface area contributed by atoms with Gasteiger partial charge in [-0.1, -0.05) is 12.0 Å². The Labute approximate surface area is 270 Å². The molecule has 46 heavy (non-hydrogen) atoms. The van der Waals surface area contributed by atoms with Gasteiger partial charge in [-0.05, 0) is 73.9 Å². The van der Waals surface area contributed by atoms with Crippen LogP contribution in [-0.4, -0.2) is 79.7 Å². The van der Waals surface area contributed by atoms with E-state index in [0.717, 1.165) is 124 Å². The maximum Gasteiger partial charge on any atom is 0.257 e. The maximum absolute atomic E-state index is 13.9. The third kappa shape index (κ3) is 4.30. The van der Waals surface area contributed by atoms with Crippen LogP contribution in [0.15, 0.2) is 30.3 Å². The zero-order valence-corrected chi connectivity index (χ0v) is 26.5. The van der Waals surface area contributed by atoms with Crippen LogP contribution in [0.4, 0.5) is 5.69 Å². The first-order chi connectivity index (χ1) is 22.6. The van der Waals surface area contributed by atoms with Crippen molar-refractivity contribution in [1.29, 1.82) is 0 Å². The van der Waals surface area contributed by atoms with Gasteiger partial charge < -0.3 is 19.6 Å². The second kappa shape index (κ2) is 10.9. The average molecular weight is 614 g/mol. The van der Waals surface area contributed by atoms with Gasteiger partial charge in [-0.25, -0.2) is 4.58 Å². The zero-order chi connectivity index (χ0) is 30.9. The number of carbonyl (C=O) groups excluding carboxylic acids is 1. The van der Waals surface area contributed by atoms with Gasteiger partial charge in [0.15, 0.2) is 0 Å². The minimum atomic E-state index is -0.125. The number of piperazine rings is 1. The van der Waals surface area contributed by atoms with E-state index in [4.69, 9.17) is 11.2 Å². The zero-order valence-electron chi connectivity index (χ0n) is 26.5. The number of phenolic OH excluding ortho intramolecular Hbond substituents is 1. The Hall–Kier alpha value is -4.28. The number of anilines is 1. The highest BCUT2D eigenvalue weighted by Gasteiger charge is 2.36. The number of carbonyl (C=O) groups is 1. The highest BCUT2D eigenvalue weighted by Crippen LogP contribution is 2.48. The quantitative estimate of drug-likeness (QED) is 0.284. The highest BCUT2D eigenvalue weighted by atomic mass is 16.5. The lowest BCUT2D eigenvalue weighted by Crippen LogP contribution is -2.48. The Balaban J connectivity index is 1.26. The van der Waals surface area contributed by atoms with Gasteiger partial charge in [0.1, 0.15) is 30.3 Å². The molecule has 234 valence electrons. The summed E-state index contributed by atoms with van der Waals surface area (Å²) >= 11 is 0. The number of phenols is 1. The Morgan fingerprint density at radius 2 is 1.63 bits per heavy atom. The maximum atomic E-state index is 13.9. The van der Waals surface area contributed by atoms with Crippen LogP contribution in [-0.2, 0) is 25.7 Å². The number of benzene rings is 3. The molecule has 0 atom stereocenters. The van der Waals surface area contributed by atoms with Crippen LogP contribution in [0.3, 0.4) is 0 Å². The summed E-state index contributed by atoms with van der Waals surface area (Å²) in [5, 5.41) is 13.6. The normalized spacial score (nSPS) is 19.8. The Morgan fingerprint density at radius 1 is 0.870 bits per heavy atom. The van der Waals surface area contributed by atoms with Gasteiger partial charge in [-0.2, -0.15) is 0 Å². The standard InChI is InChI=1S/C39H40N4O3/c1-2-13-40-18-20-43(21-19-40)39(45)30-22-25(11-12-33(30)44)34-31-23-26-7-3-14-41-16-5-9-28(35(26)41)37(31)46-38-29-10-6-17-42-15-4-8-27(36(29)42)24-32(34)38/h1,11-12,22-24H,3-10,13-21H2/p+1. The highest BCUT2D eigenvalue weighted by molar-refractivity contribution is 5.99. The van der Waals surface area contributed by atoms with Gasteiger partial charge in [0.25, 0.3) is 5.91 Å². The lowest BCUT2D eigenvalue weighted by molar-refractivity contribution is 0.0649. The molecule has 1 fully saturated rings. The monoisotopic (exact) mass is 613 g/mol. The largest absolute Gasteiger partial charge is 0.507 e. The number of aromatic hydroxyl groups is 1. The first kappa shape index (κ1) is 28.0. The van der Waals surface area contributed by atoms with E-state index in [-0.39, 0.29) is 11.7 Å². The molecule has 7 nitrogen and oxygen atoms in total. The fourth-order valence-electron chi connectivity index (χ4n) is 9.10. The summed E-state index contributed by atoms with van der Waals surface area (Å²) in [5.74, 6) is 4.62. The molecular formula is C39H41N4O3+. The first-order valence-corrected chi connectivity index (χ1v) is 17.3. The van der Waals surface area contributed by atoms with E-state index in [2.05, 4.69) is 32.4 Å². The SMILES string of the molecule is C#CCN1CCN(C(=O)c2cc(C3=c4cc5c6c(c4Oc4c3cc3c7c4CCCN7CCC3)CCC[N+]=6CCC5)ccc2O)CC1. The molecule has 0 radical (unpaired) electrons. The molecule has 1 saturated heterocycles. The van der Waals surface area contributed by atoms with Crippen molar-refractivity contribution in [2.24, 2.45) is 0 Å². The first-order valence-electron chi connectivity index (χ1n) is 17.3. The van der Waals surface area contributed by atoms with Crippen LogP contribution < -0.4 is 24.8 Å². The topological polar surface area (TPSA) is 59.3 Å². The lowest BCUT2D eigenvalue weighted by Gasteiger charge is -2.39. The molecule has 0 aromatic heterocycles. The number of aryl methyl sites for hydroxylation is 2. The Morgan fingerprint density at radius 3 is 2.46 bits per heavy atom. The molecule has 6 aliphatic heterocycles. The number of amides is 1. The van der Waals surface area contributed by atoms with E-state index in [1.807, 2.05) is 17.0 Å². The molecule has 6 aliphatic rings. The molecule has 3 aromatic carbocycles. The molecule has 0 spiro atoms. The van der Waals surface area contributed by atoms with Crippen LogP contribution >= 0.6 is 0 Å². The molecule has 6 heterocycles. The molecule has 3 aromatic rings. The number of fused-ring (bicyclic) bond motifs is 4. The van der Waals surface area contributed by atoms with Crippen molar-refractivity contribution in [3.05, 3.63) is 79.9 Å². The molecule has 0 saturated carbocycles. The number of hydrogen-bond donors (Lipinski definition) is 1. The van der Waals surface area contributed by atoms with E-state index in [1.54, 1.807) is 6.07 Å². The van der Waals surface area contributed by atoms with Crippen LogP contribution in [0.25, 0.3) is 5.57 Å². The molecule has 0 aliphatic carbocycles. The predicted octanol–water partition coefficient (Wildman–Crippen LogP) is 3.22. The summed E-state index contributed by atoms with van der Waals surface area (Å²) in [6, 6.07) is 10.4. The molecule has 0 unspecified atom stereocenters. The Kier molecular flexibility index (Phi) is 6.64. The molecule has 1 amide bonds. The summed E-state index contributed by atoms with van der Waals surface area (Å²) in [6.07, 6.45) is 14.3. The summed E-state index contributed by atoms with van der Waals surface area (Å²) in [5.41, 5.74) is 10.5. The third-order valence-electron chi connectivity index (χ3n) is 11.2. The van der Waals surface area contributed by atoms with Crippen molar-refractivity contribution in [2.45, 2.75) is 51.4 Å². The van der Waals surface area contributed by atoms with Crippen molar-refractivity contribution in [3.63, 3.8) is 0 Å². The summed E-state index contributed by atoms with van der Waals surface area (Å²) in [6.45, 7) is 7.70. The van der Waals surface area contributed by atoms with E-state index in [1.165, 1.54) is 33.3 Å². The van der Waals surface area contributed by atoms with Gasteiger partial charge in [0.2, 0.25) is 5.36 Å². The second-order valence-corrected chi connectivity index (χ2v) is 13.8. The van der Waals surface area contributed by atoms with E-state index < -0.39 is 0 Å². The minimum Gasteiger partial charge on any atom is -0.507 e. The molecule has 7 heteroatoms. The fraction of sp³-hybridized carbons (Fsp3) is 0.436. The van der Waals surface area contributed by atoms with Gasteiger partial charge in [0, 0.05) is 85.3 Å². The molecule has 1 N–H and O–H groups in total. The van der Waals surface area contributed by atoms with Gasteiger partial charge in [-0.15, -0.1) is 6.42 Å². The van der Waals surface area contributed by atoms with Gasteiger partial charge in [0.05, 0.1) is 17.7 Å². The minimum absolute atomic E-state index is 0.0280. The smallest absolute Gasteiger partial charge is 0.257 e. The molecule has 0 bridgehead atoms. The third-order valence-corrected chi connectivity index (χ3v) is 11.2. The summed E-state index contributed by atoms with van der Waals surface area (Å²) < 4.78 is 9.76. The van der Waals surface area contributed by atoms with Gasteiger partial charge >= 0.3 is 0 Å². The van der Waals surface area contributed by atoms with Crippen LogP contribution in [0, 0.1) is 12.3 Å². The Bertz CT molecular complexity index is 1980. The van der Waals surface area contributed by atoms with Crippen molar-refractivity contribution >= 4 is 17.2 Å². The number of hydrogen-bond acceptors (Lipinski definition) is 5. The van der Waals surface area contributed by atoms with Crippen molar-refractivity contribution in [1.82, 2.24) is 14.4 Å². The number of ether oxygens (including phenoxy) is 1. The average Bonchev–Trinajstić information content (AvgIpc) is 3.09. The van der Waals surface area contributed by atoms with Crippen molar-refractivity contribution in [3.8, 4) is 29.6 Å². The summed E-state index contributed by atoms with van der Waals surface area (Å²) in [7, 11) is 0.